The smallest absolute Gasteiger partial charge is 0.340 e. The van der Waals surface area contributed by atoms with Gasteiger partial charge in [0.15, 0.2) is 0 Å². The van der Waals surface area contributed by atoms with Gasteiger partial charge < -0.3 is 4.74 Å². The van der Waals surface area contributed by atoms with Gasteiger partial charge in [0.2, 0.25) is 0 Å². The topological polar surface area (TPSA) is 78.3 Å². The number of carbonyl (C=O) groups is 1. The summed E-state index contributed by atoms with van der Waals surface area (Å²) in [4.78, 5) is 11.8. The summed E-state index contributed by atoms with van der Waals surface area (Å²) in [5.41, 5.74) is 2.86. The van der Waals surface area contributed by atoms with E-state index in [0.717, 1.165) is 11.3 Å². The van der Waals surface area contributed by atoms with Gasteiger partial charge in [0.05, 0.1) is 23.8 Å². The third-order valence-corrected chi connectivity index (χ3v) is 2.96. The summed E-state index contributed by atoms with van der Waals surface area (Å²) in [5.74, 6) is -0.515. The first-order valence-corrected chi connectivity index (χ1v) is 5.69. The molecule has 96 valence electrons. The van der Waals surface area contributed by atoms with Crippen LogP contribution in [-0.2, 0) is 4.74 Å². The Morgan fingerprint density at radius 1 is 1.37 bits per heavy atom. The van der Waals surface area contributed by atoms with Crippen LogP contribution in [0, 0.1) is 30.6 Å². The molecule has 0 aliphatic heterocycles. The SMILES string of the molecule is COC(=O)c1cc(C#N)c(=N)n2c(C)cc(C)cc12. The third kappa shape index (κ3) is 1.97. The molecule has 0 saturated heterocycles. The Hall–Kier alpha value is -2.61. The quantitative estimate of drug-likeness (QED) is 0.787. The van der Waals surface area contributed by atoms with Crippen molar-refractivity contribution in [2.24, 2.45) is 0 Å². The molecule has 0 saturated carbocycles. The Kier molecular flexibility index (Phi) is 3.09. The number of hydrogen-bond acceptors (Lipinski definition) is 4. The number of rotatable bonds is 1. The van der Waals surface area contributed by atoms with E-state index < -0.39 is 5.97 Å². The number of pyridine rings is 2. The maximum Gasteiger partial charge on any atom is 0.340 e. The van der Waals surface area contributed by atoms with Gasteiger partial charge in [0.1, 0.15) is 11.6 Å². The third-order valence-electron chi connectivity index (χ3n) is 2.96. The summed E-state index contributed by atoms with van der Waals surface area (Å²) in [7, 11) is 1.29. The molecule has 5 heteroatoms. The molecular weight excluding hydrogens is 242 g/mol. The van der Waals surface area contributed by atoms with Gasteiger partial charge in [0, 0.05) is 5.69 Å². The highest BCUT2D eigenvalue weighted by Crippen LogP contribution is 2.16. The number of nitrogens with zero attached hydrogens (tertiary/aromatic N) is 2. The summed E-state index contributed by atoms with van der Waals surface area (Å²) in [6, 6.07) is 7.04. The van der Waals surface area contributed by atoms with Gasteiger partial charge in [-0.1, -0.05) is 0 Å². The summed E-state index contributed by atoms with van der Waals surface area (Å²) in [6.07, 6.45) is 0. The molecule has 1 N–H and O–H groups in total. The average Bonchev–Trinajstić information content (AvgIpc) is 2.37. The van der Waals surface area contributed by atoms with Crippen molar-refractivity contribution in [2.45, 2.75) is 13.8 Å². The number of aryl methyl sites for hydroxylation is 2. The molecule has 0 spiro atoms. The maximum atomic E-state index is 11.8. The fourth-order valence-corrected chi connectivity index (χ4v) is 2.17. The van der Waals surface area contributed by atoms with Gasteiger partial charge in [-0.25, -0.2) is 4.79 Å². The van der Waals surface area contributed by atoms with E-state index in [0.29, 0.717) is 11.1 Å². The molecule has 0 amide bonds. The van der Waals surface area contributed by atoms with Crippen molar-refractivity contribution in [3.05, 3.63) is 46.1 Å². The Bertz CT molecular complexity index is 782. The van der Waals surface area contributed by atoms with Crippen LogP contribution in [0.25, 0.3) is 5.52 Å². The van der Waals surface area contributed by atoms with Gasteiger partial charge in [-0.2, -0.15) is 5.26 Å². The van der Waals surface area contributed by atoms with E-state index in [1.54, 1.807) is 10.5 Å². The van der Waals surface area contributed by atoms with Gasteiger partial charge in [-0.05, 0) is 37.6 Å². The second-order valence-electron chi connectivity index (χ2n) is 4.32. The van der Waals surface area contributed by atoms with Crippen LogP contribution in [0.5, 0.6) is 0 Å². The molecule has 0 aliphatic carbocycles. The van der Waals surface area contributed by atoms with Crippen molar-refractivity contribution in [1.82, 2.24) is 4.40 Å². The van der Waals surface area contributed by atoms with E-state index in [4.69, 9.17) is 15.4 Å². The van der Waals surface area contributed by atoms with Gasteiger partial charge in [-0.3, -0.25) is 9.81 Å². The second-order valence-corrected chi connectivity index (χ2v) is 4.32. The predicted octanol–water partition coefficient (Wildman–Crippen LogP) is 1.69. The number of methoxy groups -OCH3 is 1. The normalized spacial score (nSPS) is 10.2. The molecule has 2 heterocycles. The fraction of sp³-hybridized carbons (Fsp3) is 0.214. The van der Waals surface area contributed by atoms with Crippen LogP contribution in [0.3, 0.4) is 0 Å². The minimum absolute atomic E-state index is 0.0719. The van der Waals surface area contributed by atoms with Crippen molar-refractivity contribution in [2.75, 3.05) is 7.11 Å². The van der Waals surface area contributed by atoms with Crippen LogP contribution in [0.15, 0.2) is 18.2 Å². The van der Waals surface area contributed by atoms with Crippen LogP contribution in [-0.4, -0.2) is 17.5 Å². The van der Waals surface area contributed by atoms with Crippen molar-refractivity contribution < 1.29 is 9.53 Å². The first-order chi connectivity index (χ1) is 8.99. The molecule has 2 aromatic rings. The second kappa shape index (κ2) is 4.58. The molecule has 0 radical (unpaired) electrons. The average molecular weight is 255 g/mol. The number of esters is 1. The lowest BCUT2D eigenvalue weighted by Gasteiger charge is -2.12. The van der Waals surface area contributed by atoms with E-state index in [1.165, 1.54) is 13.2 Å². The Morgan fingerprint density at radius 3 is 2.63 bits per heavy atom. The van der Waals surface area contributed by atoms with Crippen LogP contribution in [0.2, 0.25) is 0 Å². The number of aromatic nitrogens is 1. The van der Waals surface area contributed by atoms with Crippen LogP contribution < -0.4 is 5.49 Å². The Morgan fingerprint density at radius 2 is 2.05 bits per heavy atom. The van der Waals surface area contributed by atoms with Gasteiger partial charge >= 0.3 is 5.97 Å². The monoisotopic (exact) mass is 255 g/mol. The molecular formula is C14H13N3O2. The molecule has 0 aromatic carbocycles. The number of nitrogens with one attached hydrogen (secondary N) is 1. The number of ether oxygens (including phenoxy) is 1. The van der Waals surface area contributed by atoms with Gasteiger partial charge in [-0.15, -0.1) is 0 Å². The highest BCUT2D eigenvalue weighted by Gasteiger charge is 2.15. The summed E-state index contributed by atoms with van der Waals surface area (Å²) >= 11 is 0. The highest BCUT2D eigenvalue weighted by molar-refractivity contribution is 5.97. The Balaban J connectivity index is 3.05. The largest absolute Gasteiger partial charge is 0.465 e. The van der Waals surface area contributed by atoms with Crippen molar-refractivity contribution in [3.8, 4) is 6.07 Å². The van der Waals surface area contributed by atoms with Crippen molar-refractivity contribution >= 4 is 11.5 Å². The molecule has 5 nitrogen and oxygen atoms in total. The molecule has 0 aliphatic rings. The predicted molar refractivity (Wildman–Crippen MR) is 68.8 cm³/mol. The lowest BCUT2D eigenvalue weighted by Crippen LogP contribution is -2.22. The Labute approximate surface area is 110 Å². The van der Waals surface area contributed by atoms with Crippen molar-refractivity contribution in [3.63, 3.8) is 0 Å². The number of fused-ring (bicyclic) bond motifs is 1. The summed E-state index contributed by atoms with van der Waals surface area (Å²) < 4.78 is 6.32. The zero-order chi connectivity index (χ0) is 14.2. The van der Waals surface area contributed by atoms with Crippen LogP contribution in [0.4, 0.5) is 0 Å². The minimum atomic E-state index is -0.515. The molecule has 2 aromatic heterocycles. The van der Waals surface area contributed by atoms with E-state index in [2.05, 4.69) is 0 Å². The van der Waals surface area contributed by atoms with E-state index in [1.807, 2.05) is 26.0 Å². The summed E-state index contributed by atoms with van der Waals surface area (Å²) in [5, 5.41) is 17.1. The van der Waals surface area contributed by atoms with E-state index in [9.17, 15) is 4.79 Å². The van der Waals surface area contributed by atoms with Gasteiger partial charge in [0.25, 0.3) is 0 Å². The number of carbonyl (C=O) groups excluding carboxylic acids is 1. The molecule has 19 heavy (non-hydrogen) atoms. The van der Waals surface area contributed by atoms with Crippen LogP contribution in [0.1, 0.15) is 27.2 Å². The highest BCUT2D eigenvalue weighted by atomic mass is 16.5. The summed E-state index contributed by atoms with van der Waals surface area (Å²) in [6.45, 7) is 3.75. The number of nitriles is 1. The van der Waals surface area contributed by atoms with E-state index in [-0.39, 0.29) is 11.1 Å². The maximum absolute atomic E-state index is 11.8. The van der Waals surface area contributed by atoms with Crippen molar-refractivity contribution in [1.29, 1.82) is 10.7 Å². The lowest BCUT2D eigenvalue weighted by atomic mass is 10.1. The lowest BCUT2D eigenvalue weighted by molar-refractivity contribution is 0.0602. The number of hydrogen-bond donors (Lipinski definition) is 1. The fourth-order valence-electron chi connectivity index (χ4n) is 2.17. The first kappa shape index (κ1) is 12.8. The standard InChI is InChI=1S/C14H13N3O2/c1-8-4-9(2)17-12(5-8)11(14(18)19-3)6-10(7-15)13(17)16/h4-6,16H,1-3H3. The van der Waals surface area contributed by atoms with Crippen LogP contribution >= 0.6 is 0 Å². The van der Waals surface area contributed by atoms with E-state index >= 15 is 0 Å². The minimum Gasteiger partial charge on any atom is -0.465 e. The molecule has 0 bridgehead atoms. The first-order valence-electron chi connectivity index (χ1n) is 5.69. The molecule has 0 unspecified atom stereocenters. The molecule has 0 fully saturated rings. The molecule has 0 atom stereocenters. The molecule has 2 rings (SSSR count). The zero-order valence-electron chi connectivity index (χ0n) is 10.9. The zero-order valence-corrected chi connectivity index (χ0v) is 10.9.